The molecule has 4 rings (SSSR count). The molecule has 0 saturated heterocycles. The van der Waals surface area contributed by atoms with Crippen LogP contribution in [-0.4, -0.2) is 20.1 Å². The van der Waals surface area contributed by atoms with Gasteiger partial charge in [-0.2, -0.15) is 0 Å². The summed E-state index contributed by atoms with van der Waals surface area (Å²) >= 11 is 7.47. The summed E-state index contributed by atoms with van der Waals surface area (Å²) in [6.07, 6.45) is 5.15. The minimum atomic E-state index is -0.521. The molecule has 0 N–H and O–H groups in total. The minimum absolute atomic E-state index is 0.0626. The van der Waals surface area contributed by atoms with Crippen molar-refractivity contribution < 1.29 is 9.72 Å². The van der Waals surface area contributed by atoms with E-state index < -0.39 is 4.92 Å². The topological polar surface area (TPSA) is 77.5 Å². The Labute approximate surface area is 187 Å². The fourth-order valence-electron chi connectivity index (χ4n) is 3.29. The van der Waals surface area contributed by atoms with Gasteiger partial charge in [-0.15, -0.1) is 11.3 Å². The number of hydrogen-bond donors (Lipinski definition) is 0. The smallest absolute Gasteiger partial charge is 0.288 e. The molecule has 2 heterocycles. The van der Waals surface area contributed by atoms with Crippen LogP contribution in [0.2, 0.25) is 5.02 Å². The molecule has 2 aromatic carbocycles. The van der Waals surface area contributed by atoms with Crippen molar-refractivity contribution in [3.8, 4) is 11.3 Å². The lowest BCUT2D eigenvalue weighted by molar-refractivity contribution is -0.384. The fourth-order valence-corrected chi connectivity index (χ4v) is 4.31. The van der Waals surface area contributed by atoms with Gasteiger partial charge in [-0.25, -0.2) is 4.98 Å². The number of nitro groups is 1. The third-order valence-electron chi connectivity index (χ3n) is 5.08. The van der Waals surface area contributed by atoms with Gasteiger partial charge in [0.1, 0.15) is 5.02 Å². The summed E-state index contributed by atoms with van der Waals surface area (Å²) in [5.74, 6) is -0.127. The van der Waals surface area contributed by atoms with Gasteiger partial charge in [0, 0.05) is 28.3 Å². The van der Waals surface area contributed by atoms with Gasteiger partial charge in [0.25, 0.3) is 5.69 Å². The van der Waals surface area contributed by atoms with Crippen molar-refractivity contribution in [1.29, 1.82) is 0 Å². The Morgan fingerprint density at radius 1 is 1.16 bits per heavy atom. The zero-order valence-corrected chi connectivity index (χ0v) is 18.6. The number of halogens is 1. The van der Waals surface area contributed by atoms with Crippen molar-refractivity contribution in [2.75, 3.05) is 0 Å². The number of ketones is 1. The molecule has 4 aromatic rings. The number of aromatic nitrogens is 2. The number of carbonyl (C=O) groups is 1. The molecule has 0 aliphatic heterocycles. The molecule has 0 bridgehead atoms. The highest BCUT2D eigenvalue weighted by Crippen LogP contribution is 2.34. The molecule has 156 valence electrons. The van der Waals surface area contributed by atoms with Crippen molar-refractivity contribution in [3.05, 3.63) is 91.1 Å². The number of nitro benzene ring substituents is 1. The van der Waals surface area contributed by atoms with Gasteiger partial charge in [0.15, 0.2) is 10.7 Å². The number of fused-ring (bicyclic) bond motifs is 1. The van der Waals surface area contributed by atoms with E-state index in [1.807, 2.05) is 43.5 Å². The van der Waals surface area contributed by atoms with E-state index in [4.69, 9.17) is 11.6 Å². The molecular formula is C23H18ClN3O3S. The van der Waals surface area contributed by atoms with Gasteiger partial charge < -0.3 is 0 Å². The average Bonchev–Trinajstić information content (AvgIpc) is 3.24. The molecule has 0 radical (unpaired) electrons. The van der Waals surface area contributed by atoms with Crippen LogP contribution in [0.25, 0.3) is 22.3 Å². The SMILES string of the molecule is Cc1cn2c(/C=C/C(=O)c3ccc(C)c(C)c3)c(-c3ccc(Cl)c([N+](=O)[O-])c3)nc2s1. The van der Waals surface area contributed by atoms with E-state index >= 15 is 0 Å². The number of carbonyl (C=O) groups excluding carboxylic acids is 1. The maximum atomic E-state index is 12.8. The third kappa shape index (κ3) is 4.02. The summed E-state index contributed by atoms with van der Waals surface area (Å²) < 4.78 is 1.89. The van der Waals surface area contributed by atoms with Crippen LogP contribution in [0.1, 0.15) is 32.1 Å². The molecule has 0 unspecified atom stereocenters. The number of benzene rings is 2. The second-order valence-corrected chi connectivity index (χ2v) is 8.88. The highest BCUT2D eigenvalue weighted by molar-refractivity contribution is 7.17. The summed E-state index contributed by atoms with van der Waals surface area (Å²) in [7, 11) is 0. The zero-order valence-electron chi connectivity index (χ0n) is 17.0. The lowest BCUT2D eigenvalue weighted by atomic mass is 10.0. The maximum Gasteiger partial charge on any atom is 0.288 e. The molecule has 0 atom stereocenters. The molecule has 31 heavy (non-hydrogen) atoms. The molecule has 0 saturated carbocycles. The van der Waals surface area contributed by atoms with E-state index in [0.29, 0.717) is 22.5 Å². The van der Waals surface area contributed by atoms with Crippen LogP contribution in [0, 0.1) is 30.9 Å². The van der Waals surface area contributed by atoms with Crippen LogP contribution in [-0.2, 0) is 0 Å². The first-order chi connectivity index (χ1) is 14.7. The summed E-state index contributed by atoms with van der Waals surface area (Å²) in [4.78, 5) is 30.0. The van der Waals surface area contributed by atoms with E-state index in [-0.39, 0.29) is 16.5 Å². The van der Waals surface area contributed by atoms with Crippen molar-refractivity contribution in [2.24, 2.45) is 0 Å². The summed E-state index contributed by atoms with van der Waals surface area (Å²) in [6, 6.07) is 10.2. The minimum Gasteiger partial charge on any atom is -0.290 e. The predicted molar refractivity (Wildman–Crippen MR) is 124 cm³/mol. The van der Waals surface area contributed by atoms with Crippen LogP contribution in [0.3, 0.4) is 0 Å². The number of aryl methyl sites for hydroxylation is 3. The number of rotatable bonds is 5. The molecule has 0 fully saturated rings. The van der Waals surface area contributed by atoms with Gasteiger partial charge in [-0.3, -0.25) is 19.3 Å². The molecule has 6 nitrogen and oxygen atoms in total. The molecule has 0 aliphatic rings. The van der Waals surface area contributed by atoms with Crippen molar-refractivity contribution in [1.82, 2.24) is 9.38 Å². The summed E-state index contributed by atoms with van der Waals surface area (Å²) in [5, 5.41) is 11.4. The number of imidazole rings is 1. The van der Waals surface area contributed by atoms with Gasteiger partial charge in [0.2, 0.25) is 0 Å². The average molecular weight is 452 g/mol. The zero-order chi connectivity index (χ0) is 22.3. The second-order valence-electron chi connectivity index (χ2n) is 7.26. The molecular weight excluding hydrogens is 434 g/mol. The molecule has 8 heteroatoms. The number of hydrogen-bond acceptors (Lipinski definition) is 5. The number of allylic oxidation sites excluding steroid dienone is 1. The molecule has 2 aromatic heterocycles. The van der Waals surface area contributed by atoms with Crippen LogP contribution < -0.4 is 0 Å². The van der Waals surface area contributed by atoms with E-state index in [1.54, 1.807) is 18.2 Å². The fraction of sp³-hybridized carbons (Fsp3) is 0.130. The highest BCUT2D eigenvalue weighted by atomic mass is 35.5. The number of nitrogens with zero attached hydrogens (tertiary/aromatic N) is 3. The largest absolute Gasteiger partial charge is 0.290 e. The monoisotopic (exact) mass is 451 g/mol. The van der Waals surface area contributed by atoms with Gasteiger partial charge in [0.05, 0.1) is 16.3 Å². The van der Waals surface area contributed by atoms with Crippen molar-refractivity contribution in [2.45, 2.75) is 20.8 Å². The first kappa shape index (κ1) is 21.0. The van der Waals surface area contributed by atoms with Crippen molar-refractivity contribution >= 4 is 45.4 Å². The van der Waals surface area contributed by atoms with Gasteiger partial charge >= 0.3 is 0 Å². The van der Waals surface area contributed by atoms with E-state index in [1.165, 1.54) is 29.5 Å². The summed E-state index contributed by atoms with van der Waals surface area (Å²) in [5.41, 5.74) is 4.37. The third-order valence-corrected chi connectivity index (χ3v) is 6.30. The van der Waals surface area contributed by atoms with E-state index in [9.17, 15) is 14.9 Å². The molecule has 0 amide bonds. The van der Waals surface area contributed by atoms with Gasteiger partial charge in [-0.05, 0) is 56.2 Å². The normalized spacial score (nSPS) is 11.5. The number of thiazole rings is 1. The lowest BCUT2D eigenvalue weighted by Gasteiger charge is -2.03. The van der Waals surface area contributed by atoms with Gasteiger partial charge in [-0.1, -0.05) is 29.8 Å². The van der Waals surface area contributed by atoms with E-state index in [2.05, 4.69) is 4.98 Å². The van der Waals surface area contributed by atoms with Crippen LogP contribution >= 0.6 is 22.9 Å². The Hall–Kier alpha value is -3.29. The summed E-state index contributed by atoms with van der Waals surface area (Å²) in [6.45, 7) is 5.94. The Morgan fingerprint density at radius 3 is 2.65 bits per heavy atom. The van der Waals surface area contributed by atoms with E-state index in [0.717, 1.165) is 21.0 Å². The van der Waals surface area contributed by atoms with Crippen LogP contribution in [0.15, 0.2) is 48.7 Å². The predicted octanol–water partition coefficient (Wildman–Crippen LogP) is 6.45. The first-order valence-electron chi connectivity index (χ1n) is 9.47. The Balaban J connectivity index is 1.81. The first-order valence-corrected chi connectivity index (χ1v) is 10.7. The molecule has 0 spiro atoms. The second kappa shape index (κ2) is 8.09. The Bertz CT molecular complexity index is 1380. The van der Waals surface area contributed by atoms with Crippen LogP contribution in [0.4, 0.5) is 5.69 Å². The highest BCUT2D eigenvalue weighted by Gasteiger charge is 2.19. The quantitative estimate of drug-likeness (QED) is 0.151. The molecule has 0 aliphatic carbocycles. The maximum absolute atomic E-state index is 12.8. The van der Waals surface area contributed by atoms with Crippen molar-refractivity contribution in [3.63, 3.8) is 0 Å². The standard InChI is InChI=1S/C23H18ClN3O3S/c1-13-4-5-16(10-14(13)2)21(28)9-8-19-22(25-23-26(19)12-15(3)31-23)17-6-7-18(24)20(11-17)27(29)30/h4-12H,1-3H3/b9-8+. The van der Waals surface area contributed by atoms with Crippen LogP contribution in [0.5, 0.6) is 0 Å². The Morgan fingerprint density at radius 2 is 1.94 bits per heavy atom. The lowest BCUT2D eigenvalue weighted by Crippen LogP contribution is -1.96. The Kier molecular flexibility index (Phi) is 5.47.